The van der Waals surface area contributed by atoms with Crippen LogP contribution in [0.5, 0.6) is 0 Å². The Balaban J connectivity index is 1.32. The summed E-state index contributed by atoms with van der Waals surface area (Å²) in [5.41, 5.74) is 6.08. The number of fused-ring (bicyclic) bond motifs is 3. The van der Waals surface area contributed by atoms with E-state index in [1.54, 1.807) is 0 Å². The van der Waals surface area contributed by atoms with Gasteiger partial charge in [-0.2, -0.15) is 0 Å². The van der Waals surface area contributed by atoms with Crippen LogP contribution in [0.1, 0.15) is 61.3 Å². The van der Waals surface area contributed by atoms with Crippen molar-refractivity contribution in [3.63, 3.8) is 0 Å². The van der Waals surface area contributed by atoms with Crippen LogP contribution in [0.2, 0.25) is 0 Å². The highest BCUT2D eigenvalue weighted by molar-refractivity contribution is 5.89. The van der Waals surface area contributed by atoms with Crippen molar-refractivity contribution in [3.8, 4) is 0 Å². The van der Waals surface area contributed by atoms with E-state index in [0.717, 1.165) is 37.3 Å². The van der Waals surface area contributed by atoms with Crippen LogP contribution >= 0.6 is 0 Å². The Morgan fingerprint density at radius 3 is 2.58 bits per heavy atom. The van der Waals surface area contributed by atoms with Gasteiger partial charge in [0.2, 0.25) is 0 Å². The van der Waals surface area contributed by atoms with E-state index in [-0.39, 0.29) is 0 Å². The number of aromatic nitrogens is 3. The fourth-order valence-electron chi connectivity index (χ4n) is 6.09. The average Bonchev–Trinajstić information content (AvgIpc) is 3.36. The molecule has 3 saturated heterocycles. The lowest BCUT2D eigenvalue weighted by Crippen LogP contribution is -2.51. The molecule has 31 heavy (non-hydrogen) atoms. The Morgan fingerprint density at radius 1 is 0.968 bits per heavy atom. The number of likely N-dealkylation sites (tertiary alicyclic amines) is 1. The lowest BCUT2D eigenvalue weighted by Gasteiger charge is -2.38. The molecule has 0 spiro atoms. The van der Waals surface area contributed by atoms with E-state index in [4.69, 9.17) is 9.97 Å². The molecule has 2 N–H and O–H groups in total. The van der Waals surface area contributed by atoms with Gasteiger partial charge in [0.15, 0.2) is 0 Å². The molecule has 1 aromatic carbocycles. The lowest BCUT2D eigenvalue weighted by atomic mass is 9.92. The van der Waals surface area contributed by atoms with Crippen LogP contribution in [0.3, 0.4) is 0 Å². The van der Waals surface area contributed by atoms with Gasteiger partial charge < -0.3 is 15.2 Å². The predicted octanol–water partition coefficient (Wildman–Crippen LogP) is 4.11. The first-order valence-electron chi connectivity index (χ1n) is 11.8. The Bertz CT molecular complexity index is 1080. The quantitative estimate of drug-likeness (QED) is 0.673. The van der Waals surface area contributed by atoms with E-state index in [1.165, 1.54) is 41.7 Å². The van der Waals surface area contributed by atoms with Crippen LogP contribution in [0.15, 0.2) is 36.5 Å². The number of para-hydroxylation sites is 1. The van der Waals surface area contributed by atoms with Crippen molar-refractivity contribution in [1.29, 1.82) is 0 Å². The van der Waals surface area contributed by atoms with E-state index in [1.807, 2.05) is 12.3 Å². The molecule has 3 aliphatic heterocycles. The van der Waals surface area contributed by atoms with Crippen molar-refractivity contribution in [1.82, 2.24) is 25.2 Å². The minimum Gasteiger partial charge on any atom is -0.367 e. The second-order valence-electron chi connectivity index (χ2n) is 9.67. The number of piperazine rings is 1. The molecule has 3 fully saturated rings. The molecule has 6 rings (SSSR count). The molecule has 0 aliphatic carbocycles. The number of imidazole rings is 1. The largest absolute Gasteiger partial charge is 0.367 e. The molecule has 2 bridgehead atoms. The molecule has 6 nitrogen and oxygen atoms in total. The number of H-pyrrole nitrogens is 1. The number of anilines is 1. The third-order valence-corrected chi connectivity index (χ3v) is 7.69. The summed E-state index contributed by atoms with van der Waals surface area (Å²) in [4.78, 5) is 18.6. The van der Waals surface area contributed by atoms with Crippen molar-refractivity contribution in [2.75, 3.05) is 25.0 Å². The van der Waals surface area contributed by atoms with Gasteiger partial charge >= 0.3 is 0 Å². The van der Waals surface area contributed by atoms with Gasteiger partial charge in [-0.25, -0.2) is 4.98 Å². The number of piperidine rings is 1. The van der Waals surface area contributed by atoms with Gasteiger partial charge in [-0.1, -0.05) is 12.1 Å². The zero-order valence-corrected chi connectivity index (χ0v) is 18.5. The maximum atomic E-state index is 5.09. The van der Waals surface area contributed by atoms with Crippen molar-refractivity contribution in [2.24, 2.45) is 0 Å². The molecule has 2 unspecified atom stereocenters. The first kappa shape index (κ1) is 19.3. The smallest absolute Gasteiger partial charge is 0.124 e. The summed E-state index contributed by atoms with van der Waals surface area (Å²) in [5.74, 6) is 1.10. The standard InChI is InChI=1S/C25H32N6/c1-16-6-5-13-26-23(16)20-8-4-10-22(30(20)2)25-28-19-7-3-9-21(24(19)29-25)31-14-17-11-12-18(15-31)27-17/h3,5-7,9,13,17-18,20,22,27H,4,8,10-12,14-15H2,1-2H3,(H,28,29)/t17?,18?,20-,22+/m0/s1. The van der Waals surface area contributed by atoms with Crippen LogP contribution in [0.4, 0.5) is 5.69 Å². The SMILES string of the molecule is Cc1cccnc1[C@@H]1CCC[C@H](c2nc3cccc(N4CC5CCC(C4)N5)c3[nH]2)N1C. The normalized spacial score (nSPS) is 29.0. The number of aromatic amines is 1. The van der Waals surface area contributed by atoms with E-state index >= 15 is 0 Å². The van der Waals surface area contributed by atoms with Gasteiger partial charge in [-0.3, -0.25) is 9.88 Å². The summed E-state index contributed by atoms with van der Waals surface area (Å²) < 4.78 is 0. The molecule has 4 atom stereocenters. The highest BCUT2D eigenvalue weighted by Gasteiger charge is 2.35. The highest BCUT2D eigenvalue weighted by atomic mass is 15.2. The number of nitrogens with one attached hydrogen (secondary N) is 2. The molecule has 0 saturated carbocycles. The first-order valence-corrected chi connectivity index (χ1v) is 11.8. The second kappa shape index (κ2) is 7.61. The van der Waals surface area contributed by atoms with Gasteiger partial charge in [0.25, 0.3) is 0 Å². The number of hydrogen-bond acceptors (Lipinski definition) is 5. The number of benzene rings is 1. The molecule has 3 aromatic rings. The van der Waals surface area contributed by atoms with Gasteiger partial charge in [-0.15, -0.1) is 0 Å². The van der Waals surface area contributed by atoms with E-state index in [0.29, 0.717) is 24.2 Å². The number of rotatable bonds is 3. The monoisotopic (exact) mass is 416 g/mol. The number of nitrogens with zero attached hydrogens (tertiary/aromatic N) is 4. The number of hydrogen-bond donors (Lipinski definition) is 2. The summed E-state index contributed by atoms with van der Waals surface area (Å²) in [6.45, 7) is 4.36. The molecule has 3 aliphatic rings. The maximum absolute atomic E-state index is 5.09. The molecule has 0 amide bonds. The van der Waals surface area contributed by atoms with Gasteiger partial charge in [0.1, 0.15) is 5.82 Å². The van der Waals surface area contributed by atoms with E-state index in [2.05, 4.69) is 58.3 Å². The predicted molar refractivity (Wildman–Crippen MR) is 124 cm³/mol. The number of aryl methyl sites for hydroxylation is 1. The Hall–Kier alpha value is -2.44. The summed E-state index contributed by atoms with van der Waals surface area (Å²) >= 11 is 0. The minimum atomic E-state index is 0.291. The van der Waals surface area contributed by atoms with E-state index in [9.17, 15) is 0 Å². The van der Waals surface area contributed by atoms with Crippen LogP contribution in [0, 0.1) is 6.92 Å². The highest BCUT2D eigenvalue weighted by Crippen LogP contribution is 2.41. The van der Waals surface area contributed by atoms with Crippen LogP contribution < -0.4 is 10.2 Å². The van der Waals surface area contributed by atoms with E-state index < -0.39 is 0 Å². The van der Waals surface area contributed by atoms with Gasteiger partial charge in [-0.05, 0) is 69.8 Å². The average molecular weight is 417 g/mol. The van der Waals surface area contributed by atoms with Crippen LogP contribution in [-0.2, 0) is 0 Å². The van der Waals surface area contributed by atoms with Crippen LogP contribution in [-0.4, -0.2) is 52.1 Å². The topological polar surface area (TPSA) is 60.1 Å². The first-order chi connectivity index (χ1) is 15.2. The second-order valence-corrected chi connectivity index (χ2v) is 9.67. The maximum Gasteiger partial charge on any atom is 0.124 e. The zero-order valence-electron chi connectivity index (χ0n) is 18.5. The fourth-order valence-corrected chi connectivity index (χ4v) is 6.09. The molecule has 162 valence electrons. The Morgan fingerprint density at radius 2 is 1.77 bits per heavy atom. The Kier molecular flexibility index (Phi) is 4.73. The number of pyridine rings is 1. The van der Waals surface area contributed by atoms with Gasteiger partial charge in [0, 0.05) is 31.4 Å². The fraction of sp³-hybridized carbons (Fsp3) is 0.520. The summed E-state index contributed by atoms with van der Waals surface area (Å²) in [7, 11) is 2.24. The zero-order chi connectivity index (χ0) is 20.9. The molecular weight excluding hydrogens is 384 g/mol. The van der Waals surface area contributed by atoms with Crippen molar-refractivity contribution >= 4 is 16.7 Å². The molecule has 0 radical (unpaired) electrons. The van der Waals surface area contributed by atoms with Gasteiger partial charge in [0.05, 0.1) is 34.5 Å². The van der Waals surface area contributed by atoms with Crippen molar-refractivity contribution in [3.05, 3.63) is 53.6 Å². The molecule has 6 heteroatoms. The summed E-state index contributed by atoms with van der Waals surface area (Å²) in [6, 6.07) is 12.7. The lowest BCUT2D eigenvalue weighted by molar-refractivity contribution is 0.107. The molecular formula is C25H32N6. The van der Waals surface area contributed by atoms with Crippen molar-refractivity contribution in [2.45, 2.75) is 63.2 Å². The summed E-state index contributed by atoms with van der Waals surface area (Å²) in [6.07, 6.45) is 8.00. The summed E-state index contributed by atoms with van der Waals surface area (Å²) in [5, 5.41) is 3.75. The minimum absolute atomic E-state index is 0.291. The Labute approximate surface area is 184 Å². The third-order valence-electron chi connectivity index (χ3n) is 7.69. The van der Waals surface area contributed by atoms with Crippen LogP contribution in [0.25, 0.3) is 11.0 Å². The van der Waals surface area contributed by atoms with Crippen molar-refractivity contribution < 1.29 is 0 Å². The third kappa shape index (κ3) is 3.33. The molecule has 2 aromatic heterocycles. The molecule has 5 heterocycles.